The quantitative estimate of drug-likeness (QED) is 0.736. The Kier molecular flexibility index (Phi) is 5.18. The third kappa shape index (κ3) is 5.60. The second kappa shape index (κ2) is 5.89. The van der Waals surface area contributed by atoms with Crippen LogP contribution in [0.1, 0.15) is 0 Å². The summed E-state index contributed by atoms with van der Waals surface area (Å²) >= 11 is 11.5. The highest BCUT2D eigenvalue weighted by Gasteiger charge is 2.22. The fourth-order valence-corrected chi connectivity index (χ4v) is 5.69. The monoisotopic (exact) mass is 396 g/mol. The van der Waals surface area contributed by atoms with E-state index in [0.29, 0.717) is 0 Å². The van der Waals surface area contributed by atoms with Gasteiger partial charge in [-0.25, -0.2) is 30.4 Å². The number of halogens is 2. The minimum Gasteiger partial charge on any atom is -0.280 e. The van der Waals surface area contributed by atoms with Crippen LogP contribution in [0, 0.1) is 0 Å². The summed E-state index contributed by atoms with van der Waals surface area (Å²) in [6.45, 7) is 0. The minimum absolute atomic E-state index is 0.339. The summed E-state index contributed by atoms with van der Waals surface area (Å²) in [5.74, 6) is 0. The second-order valence-corrected chi connectivity index (χ2v) is 10.7. The molecule has 0 aliphatic carbocycles. The van der Waals surface area contributed by atoms with Crippen LogP contribution in [0.2, 0.25) is 10.0 Å². The number of benzene rings is 1. The zero-order valence-electron chi connectivity index (χ0n) is 10.4. The Hall–Kier alpha value is -0.590. The van der Waals surface area contributed by atoms with Crippen molar-refractivity contribution < 1.29 is 25.3 Å². The van der Waals surface area contributed by atoms with E-state index in [1.54, 1.807) is 0 Å². The summed E-state index contributed by atoms with van der Waals surface area (Å²) in [6.07, 6.45) is 0.736. The van der Waals surface area contributed by atoms with E-state index in [9.17, 15) is 25.3 Å². The molecule has 0 fully saturated rings. The molecule has 0 radical (unpaired) electrons. The Morgan fingerprint density at radius 3 is 1.81 bits per heavy atom. The highest BCUT2D eigenvalue weighted by molar-refractivity contribution is 8.08. The predicted molar refractivity (Wildman–Crippen MR) is 80.1 cm³/mol. The standard InChI is InChI=1S/C8H10Cl2N2O6S3/c1-19(13,14)4-20(15,16)12-8-6(9)2-5(3-7(8)10)21(11,17)18/h2-3,12H,4H2,1H3,(H2,11,17,18). The van der Waals surface area contributed by atoms with Crippen molar-refractivity contribution in [1.29, 1.82) is 0 Å². The molecule has 8 nitrogen and oxygen atoms in total. The SMILES string of the molecule is CS(=O)(=O)CS(=O)(=O)Nc1c(Cl)cc(S(N)(=O)=O)cc1Cl. The lowest BCUT2D eigenvalue weighted by Crippen LogP contribution is -2.22. The van der Waals surface area contributed by atoms with E-state index in [4.69, 9.17) is 28.3 Å². The number of sulfone groups is 1. The van der Waals surface area contributed by atoms with Gasteiger partial charge in [-0.05, 0) is 12.1 Å². The van der Waals surface area contributed by atoms with Crippen molar-refractivity contribution in [2.24, 2.45) is 5.14 Å². The molecule has 0 bridgehead atoms. The van der Waals surface area contributed by atoms with Gasteiger partial charge in [0.2, 0.25) is 20.0 Å². The average molecular weight is 397 g/mol. The van der Waals surface area contributed by atoms with Gasteiger partial charge >= 0.3 is 0 Å². The summed E-state index contributed by atoms with van der Waals surface area (Å²) in [7, 11) is -12.2. The van der Waals surface area contributed by atoms with Gasteiger partial charge in [-0.2, -0.15) is 0 Å². The molecule has 0 aliphatic rings. The van der Waals surface area contributed by atoms with Crippen molar-refractivity contribution in [2.45, 2.75) is 4.90 Å². The molecule has 120 valence electrons. The highest BCUT2D eigenvalue weighted by Crippen LogP contribution is 2.33. The van der Waals surface area contributed by atoms with Crippen LogP contribution in [0.3, 0.4) is 0 Å². The van der Waals surface area contributed by atoms with Crippen molar-refractivity contribution in [3.8, 4) is 0 Å². The number of primary sulfonamides is 1. The summed E-state index contributed by atoms with van der Waals surface area (Å²) in [4.78, 5) is -0.413. The molecule has 0 aromatic heterocycles. The van der Waals surface area contributed by atoms with Crippen LogP contribution >= 0.6 is 23.2 Å². The summed E-state index contributed by atoms with van der Waals surface area (Å²) in [5.41, 5.74) is -0.339. The largest absolute Gasteiger partial charge is 0.280 e. The van der Waals surface area contributed by atoms with Gasteiger partial charge in [0.15, 0.2) is 14.9 Å². The van der Waals surface area contributed by atoms with Crippen molar-refractivity contribution in [2.75, 3.05) is 16.1 Å². The number of nitrogens with one attached hydrogen (secondary N) is 1. The maximum Gasteiger partial charge on any atom is 0.247 e. The number of hydrogen-bond acceptors (Lipinski definition) is 6. The number of anilines is 1. The normalized spacial score (nSPS) is 13.1. The summed E-state index contributed by atoms with van der Waals surface area (Å²) in [5, 5.41) is 3.03. The molecule has 0 amide bonds. The van der Waals surface area contributed by atoms with Crippen LogP contribution in [-0.4, -0.2) is 36.6 Å². The van der Waals surface area contributed by atoms with Gasteiger partial charge in [-0.15, -0.1) is 0 Å². The zero-order valence-corrected chi connectivity index (χ0v) is 14.3. The molecule has 0 saturated heterocycles. The number of hydrogen-bond donors (Lipinski definition) is 2. The van der Waals surface area contributed by atoms with Crippen LogP contribution in [0.15, 0.2) is 17.0 Å². The Labute approximate surface area is 132 Å². The fraction of sp³-hybridized carbons (Fsp3) is 0.250. The van der Waals surface area contributed by atoms with E-state index in [1.807, 2.05) is 4.72 Å². The van der Waals surface area contributed by atoms with Gasteiger partial charge in [0.25, 0.3) is 0 Å². The molecule has 1 aromatic carbocycles. The van der Waals surface area contributed by atoms with Gasteiger partial charge in [-0.3, -0.25) is 4.72 Å². The first-order valence-corrected chi connectivity index (χ1v) is 10.9. The molecule has 0 saturated carbocycles. The van der Waals surface area contributed by atoms with Crippen LogP contribution < -0.4 is 9.86 Å². The lowest BCUT2D eigenvalue weighted by molar-refractivity contribution is 0.593. The van der Waals surface area contributed by atoms with E-state index >= 15 is 0 Å². The molecule has 1 aromatic rings. The first-order chi connectivity index (χ1) is 9.21. The molecule has 13 heteroatoms. The molecule has 3 N–H and O–H groups in total. The second-order valence-electron chi connectivity index (χ2n) is 4.07. The van der Waals surface area contributed by atoms with Crippen molar-refractivity contribution in [1.82, 2.24) is 0 Å². The van der Waals surface area contributed by atoms with E-state index < -0.39 is 39.9 Å². The third-order valence-corrected chi connectivity index (χ3v) is 6.93. The van der Waals surface area contributed by atoms with E-state index in [1.165, 1.54) is 0 Å². The van der Waals surface area contributed by atoms with Gasteiger partial charge in [0, 0.05) is 6.26 Å². The van der Waals surface area contributed by atoms with E-state index in [0.717, 1.165) is 18.4 Å². The number of rotatable bonds is 5. The molecular formula is C8H10Cl2N2O6S3. The van der Waals surface area contributed by atoms with Gasteiger partial charge in [0.1, 0.15) is 0 Å². The molecule has 0 atom stereocenters. The van der Waals surface area contributed by atoms with Crippen LogP contribution in [-0.2, 0) is 29.9 Å². The Morgan fingerprint density at radius 2 is 1.48 bits per heavy atom. The first-order valence-electron chi connectivity index (χ1n) is 4.91. The Bertz CT molecular complexity index is 854. The predicted octanol–water partition coefficient (Wildman–Crippen LogP) is 0.385. The summed E-state index contributed by atoms with van der Waals surface area (Å²) < 4.78 is 69.5. The van der Waals surface area contributed by atoms with Gasteiger partial charge < -0.3 is 0 Å². The lowest BCUT2D eigenvalue weighted by Gasteiger charge is -2.12. The van der Waals surface area contributed by atoms with E-state index in [2.05, 4.69) is 0 Å². The average Bonchev–Trinajstić information content (AvgIpc) is 2.18. The third-order valence-electron chi connectivity index (χ3n) is 1.97. The van der Waals surface area contributed by atoms with Crippen LogP contribution in [0.25, 0.3) is 0 Å². The van der Waals surface area contributed by atoms with Crippen molar-refractivity contribution in [3.63, 3.8) is 0 Å². The molecule has 1 rings (SSSR count). The summed E-state index contributed by atoms with van der Waals surface area (Å²) in [6, 6.07) is 1.78. The van der Waals surface area contributed by atoms with Crippen molar-refractivity contribution in [3.05, 3.63) is 22.2 Å². The highest BCUT2D eigenvalue weighted by atomic mass is 35.5. The molecule has 0 spiro atoms. The minimum atomic E-state index is -4.27. The topological polar surface area (TPSA) is 140 Å². The maximum absolute atomic E-state index is 11.7. The number of sulfonamides is 2. The van der Waals surface area contributed by atoms with Gasteiger partial charge in [0.05, 0.1) is 20.6 Å². The maximum atomic E-state index is 11.7. The molecule has 0 aliphatic heterocycles. The smallest absolute Gasteiger partial charge is 0.247 e. The lowest BCUT2D eigenvalue weighted by atomic mass is 10.3. The zero-order chi connectivity index (χ0) is 16.6. The van der Waals surface area contributed by atoms with E-state index in [-0.39, 0.29) is 15.7 Å². The van der Waals surface area contributed by atoms with Crippen LogP contribution in [0.5, 0.6) is 0 Å². The molecule has 21 heavy (non-hydrogen) atoms. The Balaban J connectivity index is 3.29. The molecule has 0 heterocycles. The first kappa shape index (κ1) is 18.5. The molecule has 0 unspecified atom stereocenters. The van der Waals surface area contributed by atoms with Gasteiger partial charge in [-0.1, -0.05) is 23.2 Å². The van der Waals surface area contributed by atoms with Crippen molar-refractivity contribution >= 4 is 58.8 Å². The molecular weight excluding hydrogens is 387 g/mol. The fourth-order valence-electron chi connectivity index (χ4n) is 1.28. The Morgan fingerprint density at radius 1 is 1.05 bits per heavy atom. The van der Waals surface area contributed by atoms with Crippen LogP contribution in [0.4, 0.5) is 5.69 Å². The number of nitrogens with two attached hydrogens (primary N) is 1.